The molecule has 2 aliphatic rings. The zero-order valence-corrected chi connectivity index (χ0v) is 51.8. The molecule has 0 unspecified atom stereocenters. The van der Waals surface area contributed by atoms with E-state index in [1.54, 1.807) is 0 Å². The largest absolute Gasteiger partial charge is 0.337 e. The van der Waals surface area contributed by atoms with Crippen molar-refractivity contribution in [3.63, 3.8) is 0 Å². The van der Waals surface area contributed by atoms with E-state index >= 15 is 0 Å². The van der Waals surface area contributed by atoms with Crippen molar-refractivity contribution in [3.8, 4) is 73.5 Å². The highest BCUT2D eigenvalue weighted by Crippen LogP contribution is 2.46. The van der Waals surface area contributed by atoms with E-state index in [2.05, 4.69) is 159 Å². The van der Waals surface area contributed by atoms with Crippen LogP contribution in [-0.2, 0) is 51.3 Å². The highest BCUT2D eigenvalue weighted by atomic mass is 16.7. The van der Waals surface area contributed by atoms with Crippen molar-refractivity contribution < 1.29 is 38.4 Å². The van der Waals surface area contributed by atoms with Crippen molar-refractivity contribution in [3.05, 3.63) is 266 Å². The molecule has 0 atom stereocenters. The van der Waals surface area contributed by atoms with Gasteiger partial charge in [-0.25, -0.2) is 24.5 Å². The summed E-state index contributed by atoms with van der Waals surface area (Å²) in [6, 6.07) is 86.6. The van der Waals surface area contributed by atoms with Crippen molar-refractivity contribution in [2.75, 3.05) is 0 Å². The number of nitrogens with zero attached hydrogens (tertiary/aromatic N) is 8. The predicted octanol–water partition coefficient (Wildman–Crippen LogP) is 15.8. The molecule has 2 fully saturated rings. The number of hydrogen-bond acceptors (Lipinski definition) is 11. The molecule has 11 aromatic carbocycles. The number of aromatic nitrogens is 6. The van der Waals surface area contributed by atoms with Gasteiger partial charge in [0, 0.05) is 74.7 Å². The van der Waals surface area contributed by atoms with Gasteiger partial charge in [0.05, 0.1) is 63.0 Å². The first-order chi connectivity index (χ1) is 47.5. The molecule has 0 bridgehead atoms. The van der Waals surface area contributed by atoms with Gasteiger partial charge in [-0.2, -0.15) is 0 Å². The van der Waals surface area contributed by atoms with Crippen LogP contribution in [-0.4, -0.2) is 74.3 Å². The number of hydrogen-bond donors (Lipinski definition) is 0. The highest BCUT2D eigenvalue weighted by molar-refractivity contribution is 6.15. The molecule has 0 N–H and O–H groups in total. The third kappa shape index (κ3) is 10.2. The summed E-state index contributed by atoms with van der Waals surface area (Å²) in [5.74, 6) is -2.09. The Bertz CT molecular complexity index is 5320. The Labute approximate surface area is 553 Å². The van der Waals surface area contributed by atoms with Crippen molar-refractivity contribution in [2.24, 2.45) is 0 Å². The fourth-order valence-electron chi connectivity index (χ4n) is 13.8. The molecule has 0 saturated carbocycles. The summed E-state index contributed by atoms with van der Waals surface area (Å²) >= 11 is 0. The van der Waals surface area contributed by atoms with Gasteiger partial charge in [-0.3, -0.25) is 19.2 Å². The quantitative estimate of drug-likeness (QED) is 0.0945. The van der Waals surface area contributed by atoms with Crippen LogP contribution in [0.15, 0.2) is 255 Å². The second-order valence-electron chi connectivity index (χ2n) is 24.3. The van der Waals surface area contributed by atoms with Crippen LogP contribution >= 0.6 is 0 Å². The van der Waals surface area contributed by atoms with Crippen LogP contribution in [0, 0.1) is 0 Å². The molecular formula is C81H54N8O8. The number of imide groups is 2. The van der Waals surface area contributed by atoms with Gasteiger partial charge in [0.2, 0.25) is 0 Å². The maximum atomic E-state index is 13.1. The average Bonchev–Trinajstić information content (AvgIpc) is 1.57. The van der Waals surface area contributed by atoms with E-state index in [0.717, 1.165) is 121 Å². The summed E-state index contributed by atoms with van der Waals surface area (Å²) in [5, 5.41) is 7.27. The van der Waals surface area contributed by atoms with Crippen LogP contribution in [0.3, 0.4) is 0 Å². The summed E-state index contributed by atoms with van der Waals surface area (Å²) in [6.07, 6.45) is -0.316. The molecule has 6 heterocycles. The lowest BCUT2D eigenvalue weighted by atomic mass is 9.98. The molecule has 0 aliphatic carbocycles. The van der Waals surface area contributed by atoms with Crippen LogP contribution in [0.5, 0.6) is 0 Å². The molecule has 2 saturated heterocycles. The fourth-order valence-corrected chi connectivity index (χ4v) is 13.8. The molecular weight excluding hydrogens is 1210 g/mol. The van der Waals surface area contributed by atoms with Crippen LogP contribution in [0.2, 0.25) is 0 Å². The lowest BCUT2D eigenvalue weighted by molar-refractivity contribution is -0.197. The standard InChI is InChI=1S/C81H54N8O8/c90-72-39-40-73(91)88(72)96-76(94)43-49-27-31-51(32-28-49)55-35-37-68-62(45-55)63-46-56(52-33-29-50(30-34-52)44-77(95)97-89-74(92)41-42-75(89)93)36-38-69(63)87(68)78-70(85-64-23-11-7-19-58(64)59-20-8-12-24-65(59)85)47-57(48-71(78)86-66-25-13-9-21-60(66)61-22-10-14-26-67(61)86)81-83-79(53-15-3-1-4-16-53)82-80(84-81)54-17-5-2-6-18-54/h1-38,45-48H,39-44H2. The number of fused-ring (bicyclic) bond motifs is 9. The zero-order valence-electron chi connectivity index (χ0n) is 51.8. The van der Waals surface area contributed by atoms with E-state index in [1.807, 2.05) is 109 Å². The zero-order chi connectivity index (χ0) is 65.4. The first kappa shape index (κ1) is 57.9. The summed E-state index contributed by atoms with van der Waals surface area (Å²) in [4.78, 5) is 102. The van der Waals surface area contributed by atoms with Crippen molar-refractivity contribution in [1.29, 1.82) is 0 Å². The van der Waals surface area contributed by atoms with Gasteiger partial charge in [-0.05, 0) is 94.0 Å². The van der Waals surface area contributed by atoms with Gasteiger partial charge >= 0.3 is 11.9 Å². The minimum absolute atomic E-state index is 0.000297. The van der Waals surface area contributed by atoms with Gasteiger partial charge in [0.1, 0.15) is 0 Å². The first-order valence-electron chi connectivity index (χ1n) is 32.0. The minimum Gasteiger partial charge on any atom is -0.330 e. The normalized spacial score (nSPS) is 13.4. The molecule has 16 heteroatoms. The Balaban J connectivity index is 0.924. The van der Waals surface area contributed by atoms with Crippen molar-refractivity contribution in [2.45, 2.75) is 38.5 Å². The number of hydroxylamine groups is 4. The smallest absolute Gasteiger partial charge is 0.330 e. The Kier molecular flexibility index (Phi) is 14.1. The number of benzene rings is 11. The van der Waals surface area contributed by atoms with E-state index in [1.165, 1.54) is 0 Å². The molecule has 4 aromatic heterocycles. The van der Waals surface area contributed by atoms with Gasteiger partial charge in [0.15, 0.2) is 17.5 Å². The Morgan fingerprint density at radius 2 is 0.608 bits per heavy atom. The van der Waals surface area contributed by atoms with E-state index in [4.69, 9.17) is 24.6 Å². The number of rotatable bonds is 14. The third-order valence-corrected chi connectivity index (χ3v) is 18.3. The SMILES string of the molecule is O=C(Cc1ccc(-c2ccc3c(c2)c2cc(-c4ccc(CC(=O)ON5C(=O)CCC5=O)cc4)ccc2n3-c2c(-n3c4ccccc4c4ccccc43)cc(-c3nc(-c4ccccc4)nc(-c4ccccc4)n3)cc2-n2c3ccccc3c3ccccc32)cc1)ON1C(=O)CCC1=O. The third-order valence-electron chi connectivity index (χ3n) is 18.3. The number of carbonyl (C=O) groups is 6. The van der Waals surface area contributed by atoms with Gasteiger partial charge < -0.3 is 23.4 Å². The van der Waals surface area contributed by atoms with Crippen LogP contribution in [0.4, 0.5) is 0 Å². The summed E-state index contributed by atoms with van der Waals surface area (Å²) in [7, 11) is 0. The number of para-hydroxylation sites is 4. The number of amides is 4. The Morgan fingerprint density at radius 3 is 0.969 bits per heavy atom. The van der Waals surface area contributed by atoms with E-state index in [-0.39, 0.29) is 38.5 Å². The van der Waals surface area contributed by atoms with E-state index in [9.17, 15) is 28.8 Å². The number of carbonyl (C=O) groups excluding carboxylic acids is 6. The van der Waals surface area contributed by atoms with Crippen molar-refractivity contribution in [1.82, 2.24) is 38.8 Å². The molecule has 0 spiro atoms. The Hall–Kier alpha value is -13.0. The van der Waals surface area contributed by atoms with Crippen molar-refractivity contribution >= 4 is 101 Å². The summed E-state index contributed by atoms with van der Waals surface area (Å²) < 4.78 is 7.12. The van der Waals surface area contributed by atoms with E-state index in [0.29, 0.717) is 38.7 Å². The summed E-state index contributed by atoms with van der Waals surface area (Å²) in [6.45, 7) is 0. The maximum Gasteiger partial charge on any atom is 0.337 e. The summed E-state index contributed by atoms with van der Waals surface area (Å²) in [5.41, 5.74) is 15.5. The van der Waals surface area contributed by atoms with Gasteiger partial charge in [-0.15, -0.1) is 10.1 Å². The second kappa shape index (κ2) is 23.6. The molecule has 15 aromatic rings. The molecule has 2 aliphatic heterocycles. The predicted molar refractivity (Wildman–Crippen MR) is 372 cm³/mol. The lowest BCUT2D eigenvalue weighted by Crippen LogP contribution is -2.32. The monoisotopic (exact) mass is 1270 g/mol. The molecule has 16 nitrogen and oxygen atoms in total. The minimum atomic E-state index is -0.720. The molecule has 4 amide bonds. The molecule has 0 radical (unpaired) electrons. The highest BCUT2D eigenvalue weighted by Gasteiger charge is 2.35. The van der Waals surface area contributed by atoms with Crippen LogP contribution < -0.4 is 0 Å². The van der Waals surface area contributed by atoms with Crippen LogP contribution in [0.1, 0.15) is 36.8 Å². The topological polar surface area (TPSA) is 181 Å². The second-order valence-corrected chi connectivity index (χ2v) is 24.3. The van der Waals surface area contributed by atoms with E-state index < -0.39 is 35.6 Å². The molecule has 17 rings (SSSR count). The van der Waals surface area contributed by atoms with Crippen LogP contribution in [0.25, 0.3) is 139 Å². The maximum absolute atomic E-state index is 13.1. The first-order valence-corrected chi connectivity index (χ1v) is 32.0. The Morgan fingerprint density at radius 1 is 0.299 bits per heavy atom. The van der Waals surface area contributed by atoms with Gasteiger partial charge in [-0.1, -0.05) is 194 Å². The van der Waals surface area contributed by atoms with Gasteiger partial charge in [0.25, 0.3) is 23.6 Å². The average molecular weight is 1270 g/mol. The lowest BCUT2D eigenvalue weighted by Gasteiger charge is -2.23. The molecule has 466 valence electrons. The molecule has 97 heavy (non-hydrogen) atoms. The fraction of sp³-hybridized carbons (Fsp3) is 0.0741.